The van der Waals surface area contributed by atoms with Crippen molar-refractivity contribution in [3.8, 4) is 12.3 Å². The van der Waals surface area contributed by atoms with Crippen molar-refractivity contribution < 1.29 is 4.39 Å². The second-order valence-corrected chi connectivity index (χ2v) is 4.77. The van der Waals surface area contributed by atoms with Gasteiger partial charge in [-0.2, -0.15) is 0 Å². The zero-order valence-electron chi connectivity index (χ0n) is 10.6. The molecule has 0 spiro atoms. The number of aliphatic imine (C=N–C) groups is 1. The summed E-state index contributed by atoms with van der Waals surface area (Å²) in [5.41, 5.74) is 0.578. The minimum absolute atomic E-state index is 0.0816. The van der Waals surface area contributed by atoms with Crippen LogP contribution < -0.4 is 10.6 Å². The topological polar surface area (TPSA) is 36.4 Å². The lowest BCUT2D eigenvalue weighted by Crippen LogP contribution is -2.39. The van der Waals surface area contributed by atoms with Crippen molar-refractivity contribution in [2.75, 3.05) is 13.6 Å². The van der Waals surface area contributed by atoms with Gasteiger partial charge in [0.05, 0.1) is 6.54 Å². The summed E-state index contributed by atoms with van der Waals surface area (Å²) in [6.07, 6.45) is 6.00. The average Bonchev–Trinajstić information content (AvgIpc) is 3.13. The maximum Gasteiger partial charge on any atom is 0.191 e. The van der Waals surface area contributed by atoms with Gasteiger partial charge in [-0.05, 0) is 18.6 Å². The molecule has 0 aliphatic heterocycles. The van der Waals surface area contributed by atoms with Crippen molar-refractivity contribution in [2.24, 2.45) is 4.99 Å². The van der Waals surface area contributed by atoms with Gasteiger partial charge < -0.3 is 10.6 Å². The van der Waals surface area contributed by atoms with Gasteiger partial charge in [0.25, 0.3) is 0 Å². The van der Waals surface area contributed by atoms with Gasteiger partial charge in [0, 0.05) is 29.6 Å². The fraction of sp³-hybridized carbons (Fsp3) is 0.357. The Kier molecular flexibility index (Phi) is 4.28. The predicted molar refractivity (Wildman–Crippen MR) is 75.9 cm³/mol. The van der Waals surface area contributed by atoms with E-state index < -0.39 is 0 Å². The molecule has 1 aliphatic carbocycles. The van der Waals surface area contributed by atoms with Gasteiger partial charge in [0.1, 0.15) is 5.82 Å². The van der Waals surface area contributed by atoms with Crippen LogP contribution in [0.15, 0.2) is 23.2 Å². The highest BCUT2D eigenvalue weighted by molar-refractivity contribution is 6.31. The number of nitrogens with zero attached hydrogens (tertiary/aromatic N) is 1. The predicted octanol–water partition coefficient (Wildman–Crippen LogP) is 2.13. The summed E-state index contributed by atoms with van der Waals surface area (Å²) < 4.78 is 13.8. The van der Waals surface area contributed by atoms with E-state index in [4.69, 9.17) is 18.0 Å². The van der Waals surface area contributed by atoms with Crippen LogP contribution in [0.3, 0.4) is 0 Å². The Bertz CT molecular complexity index is 516. The molecule has 0 saturated heterocycles. The third-order valence-electron chi connectivity index (χ3n) is 3.06. The summed E-state index contributed by atoms with van der Waals surface area (Å²) in [6, 6.07) is 4.89. The van der Waals surface area contributed by atoms with Crippen LogP contribution >= 0.6 is 11.6 Å². The van der Waals surface area contributed by atoms with Crippen LogP contribution in [0.4, 0.5) is 4.39 Å². The summed E-state index contributed by atoms with van der Waals surface area (Å²) in [7, 11) is 1.67. The van der Waals surface area contributed by atoms with E-state index in [9.17, 15) is 4.39 Å². The highest BCUT2D eigenvalue weighted by Gasteiger charge is 2.41. The number of benzene rings is 1. The Morgan fingerprint density at radius 1 is 1.63 bits per heavy atom. The quantitative estimate of drug-likeness (QED) is 0.505. The van der Waals surface area contributed by atoms with Gasteiger partial charge in [-0.3, -0.25) is 4.99 Å². The molecule has 5 heteroatoms. The van der Waals surface area contributed by atoms with Gasteiger partial charge in [-0.25, -0.2) is 4.39 Å². The van der Waals surface area contributed by atoms with Crippen molar-refractivity contribution in [1.29, 1.82) is 0 Å². The summed E-state index contributed by atoms with van der Waals surface area (Å²) >= 11 is 6.04. The molecule has 2 N–H and O–H groups in total. The van der Waals surface area contributed by atoms with Crippen LogP contribution in [0.1, 0.15) is 17.9 Å². The molecule has 19 heavy (non-hydrogen) atoms. The van der Waals surface area contributed by atoms with E-state index in [-0.39, 0.29) is 17.8 Å². The van der Waals surface area contributed by atoms with E-state index in [2.05, 4.69) is 21.5 Å². The maximum absolute atomic E-state index is 13.8. The molecule has 2 atom stereocenters. The largest absolute Gasteiger partial charge is 0.353 e. The lowest BCUT2D eigenvalue weighted by Gasteiger charge is -2.10. The average molecular weight is 280 g/mol. The van der Waals surface area contributed by atoms with E-state index in [0.29, 0.717) is 23.1 Å². The number of halogens is 2. The molecule has 1 aromatic carbocycles. The van der Waals surface area contributed by atoms with Crippen LogP contribution in [0.2, 0.25) is 5.02 Å². The third kappa shape index (κ3) is 3.18. The Hall–Kier alpha value is -1.73. The smallest absolute Gasteiger partial charge is 0.191 e. The molecule has 1 fully saturated rings. The zero-order valence-corrected chi connectivity index (χ0v) is 11.3. The Labute approximate surface area is 117 Å². The molecule has 1 saturated carbocycles. The van der Waals surface area contributed by atoms with E-state index in [1.807, 2.05) is 0 Å². The van der Waals surface area contributed by atoms with E-state index in [1.165, 1.54) is 6.07 Å². The lowest BCUT2D eigenvalue weighted by molar-refractivity contribution is 0.608. The highest BCUT2D eigenvalue weighted by Crippen LogP contribution is 2.44. The number of hydrogen-bond acceptors (Lipinski definition) is 1. The molecule has 1 aliphatic rings. The van der Waals surface area contributed by atoms with Crippen molar-refractivity contribution in [3.05, 3.63) is 34.6 Å². The fourth-order valence-corrected chi connectivity index (χ4v) is 2.35. The summed E-state index contributed by atoms with van der Waals surface area (Å²) in [6.45, 7) is 0.400. The molecule has 0 radical (unpaired) electrons. The van der Waals surface area contributed by atoms with Crippen molar-refractivity contribution in [1.82, 2.24) is 10.6 Å². The summed E-state index contributed by atoms with van der Waals surface area (Å²) in [5.74, 6) is 2.92. The number of terminal acetylenes is 1. The second kappa shape index (κ2) is 5.94. The molecule has 0 bridgehead atoms. The number of rotatable bonds is 3. The van der Waals surface area contributed by atoms with Gasteiger partial charge in [-0.15, -0.1) is 6.42 Å². The monoisotopic (exact) mass is 279 g/mol. The number of hydrogen-bond donors (Lipinski definition) is 2. The molecule has 0 heterocycles. The first-order valence-electron chi connectivity index (χ1n) is 6.02. The van der Waals surface area contributed by atoms with Crippen molar-refractivity contribution in [3.63, 3.8) is 0 Å². The molecular weight excluding hydrogens is 265 g/mol. The molecule has 100 valence electrons. The fourth-order valence-electron chi connectivity index (χ4n) is 2.04. The van der Waals surface area contributed by atoms with Crippen molar-refractivity contribution >= 4 is 17.6 Å². The Morgan fingerprint density at radius 3 is 3.05 bits per heavy atom. The van der Waals surface area contributed by atoms with Crippen LogP contribution in [0.5, 0.6) is 0 Å². The van der Waals surface area contributed by atoms with Gasteiger partial charge in [-0.1, -0.05) is 23.6 Å². The highest BCUT2D eigenvalue weighted by atomic mass is 35.5. The molecule has 2 unspecified atom stereocenters. The van der Waals surface area contributed by atoms with E-state index in [0.717, 1.165) is 6.42 Å². The van der Waals surface area contributed by atoms with Gasteiger partial charge in [0.15, 0.2) is 5.96 Å². The molecule has 0 aromatic heterocycles. The molecule has 1 aromatic rings. The third-order valence-corrected chi connectivity index (χ3v) is 3.39. The first kappa shape index (κ1) is 13.7. The Morgan fingerprint density at radius 2 is 2.42 bits per heavy atom. The number of guanidine groups is 1. The Balaban J connectivity index is 2.00. The maximum atomic E-state index is 13.8. The van der Waals surface area contributed by atoms with Crippen LogP contribution in [-0.4, -0.2) is 25.6 Å². The minimum Gasteiger partial charge on any atom is -0.353 e. The lowest BCUT2D eigenvalue weighted by atomic mass is 10.1. The second-order valence-electron chi connectivity index (χ2n) is 4.36. The molecular formula is C14H15ClFN3. The summed E-state index contributed by atoms with van der Waals surface area (Å²) in [5, 5.41) is 6.64. The number of nitrogens with one attached hydrogen (secondary N) is 2. The van der Waals surface area contributed by atoms with Crippen LogP contribution in [-0.2, 0) is 0 Å². The molecule has 2 rings (SSSR count). The SMILES string of the molecule is C#CCNC(=NC)NC1CC1c1c(F)cccc1Cl. The van der Waals surface area contributed by atoms with Gasteiger partial charge in [0.2, 0.25) is 0 Å². The van der Waals surface area contributed by atoms with Crippen LogP contribution in [0.25, 0.3) is 0 Å². The van der Waals surface area contributed by atoms with Crippen molar-refractivity contribution in [2.45, 2.75) is 18.4 Å². The first-order chi connectivity index (χ1) is 9.17. The normalized spacial score (nSPS) is 21.7. The van der Waals surface area contributed by atoms with E-state index >= 15 is 0 Å². The molecule has 3 nitrogen and oxygen atoms in total. The standard InChI is InChI=1S/C14H15ClFN3/c1-3-7-18-14(17-2)19-12-8-9(12)13-10(15)5-4-6-11(13)16/h1,4-6,9,12H,7-8H2,2H3,(H2,17,18,19). The first-order valence-corrected chi connectivity index (χ1v) is 6.39. The van der Waals surface area contributed by atoms with Crippen LogP contribution in [0, 0.1) is 18.2 Å². The molecule has 0 amide bonds. The van der Waals surface area contributed by atoms with E-state index in [1.54, 1.807) is 19.2 Å². The zero-order chi connectivity index (χ0) is 13.8. The summed E-state index contributed by atoms with van der Waals surface area (Å²) in [4.78, 5) is 4.05. The van der Waals surface area contributed by atoms with Gasteiger partial charge >= 0.3 is 0 Å². The minimum atomic E-state index is -0.256.